The summed E-state index contributed by atoms with van der Waals surface area (Å²) in [6, 6.07) is 85.6. The van der Waals surface area contributed by atoms with Crippen molar-refractivity contribution in [2.45, 2.75) is 19.3 Å². The Morgan fingerprint density at radius 1 is 0.348 bits per heavy atom. The van der Waals surface area contributed by atoms with E-state index in [0.29, 0.717) is 0 Å². The molecule has 0 saturated heterocycles. The molecule has 3 heteroatoms. The smallest absolute Gasteiger partial charge is 0.140 e. The van der Waals surface area contributed by atoms with Gasteiger partial charge in [0, 0.05) is 53.8 Å². The first kappa shape index (κ1) is 39.6. The highest BCUT2D eigenvalue weighted by Crippen LogP contribution is 2.53. The Kier molecular flexibility index (Phi) is 9.73. The summed E-state index contributed by atoms with van der Waals surface area (Å²) in [5, 5.41) is 2.48. The van der Waals surface area contributed by atoms with Crippen LogP contribution in [-0.4, -0.2) is 0 Å². The van der Waals surface area contributed by atoms with Gasteiger partial charge in [-0.1, -0.05) is 190 Å². The van der Waals surface area contributed by atoms with Gasteiger partial charge in [-0.15, -0.1) is 11.3 Å². The molecule has 10 aromatic carbocycles. The second-order valence-corrected chi connectivity index (χ2v) is 18.8. The first-order valence-corrected chi connectivity index (χ1v) is 23.5. The van der Waals surface area contributed by atoms with E-state index in [1.165, 1.54) is 81.4 Å². The van der Waals surface area contributed by atoms with Crippen LogP contribution >= 0.6 is 11.3 Å². The average Bonchev–Trinajstić information content (AvgIpc) is 3.77. The molecule has 66 heavy (non-hydrogen) atoms. The topological polar surface area (TPSA) is 12.5 Å². The van der Waals surface area contributed by atoms with E-state index in [1.54, 1.807) is 0 Å². The Hall–Kier alpha value is -7.98. The number of benzene rings is 10. The summed E-state index contributed by atoms with van der Waals surface area (Å²) in [6.45, 7) is 4.66. The van der Waals surface area contributed by atoms with Crippen LogP contribution in [0.15, 0.2) is 237 Å². The summed E-state index contributed by atoms with van der Waals surface area (Å²) in [4.78, 5) is 2.35. The summed E-state index contributed by atoms with van der Waals surface area (Å²) >= 11 is 1.83. The monoisotopic (exact) mass is 863 g/mol. The van der Waals surface area contributed by atoms with E-state index in [2.05, 4.69) is 255 Å². The van der Waals surface area contributed by atoms with Crippen LogP contribution in [0.3, 0.4) is 0 Å². The molecule has 1 aromatic heterocycles. The molecule has 2 heterocycles. The van der Waals surface area contributed by atoms with Crippen LogP contribution in [0.4, 0.5) is 17.1 Å². The normalized spacial score (nSPS) is 12.6. The molecule has 0 aliphatic carbocycles. The Labute approximate surface area is 390 Å². The fourth-order valence-electron chi connectivity index (χ4n) is 9.75. The van der Waals surface area contributed by atoms with E-state index in [-0.39, 0.29) is 5.41 Å². The molecule has 0 bridgehead atoms. The van der Waals surface area contributed by atoms with E-state index in [0.717, 1.165) is 34.1 Å². The number of hydrogen-bond donors (Lipinski definition) is 0. The van der Waals surface area contributed by atoms with E-state index in [9.17, 15) is 0 Å². The van der Waals surface area contributed by atoms with Crippen LogP contribution < -0.4 is 9.64 Å². The largest absolute Gasteiger partial charge is 0.456 e. The highest BCUT2D eigenvalue weighted by atomic mass is 32.1. The molecular formula is C63H45NOS. The van der Waals surface area contributed by atoms with Crippen molar-refractivity contribution in [3.63, 3.8) is 0 Å². The maximum Gasteiger partial charge on any atom is 0.140 e. The van der Waals surface area contributed by atoms with Gasteiger partial charge in [-0.3, -0.25) is 0 Å². The zero-order chi connectivity index (χ0) is 44.2. The molecule has 0 unspecified atom stereocenters. The first-order valence-electron chi connectivity index (χ1n) is 22.6. The van der Waals surface area contributed by atoms with Crippen molar-refractivity contribution in [1.29, 1.82) is 0 Å². The number of ether oxygens (including phenoxy) is 1. The Bertz CT molecular complexity index is 3390. The number of hydrogen-bond acceptors (Lipinski definition) is 3. The molecule has 1 aliphatic rings. The minimum absolute atomic E-state index is 0.251. The zero-order valence-corrected chi connectivity index (χ0v) is 37.6. The molecule has 0 spiro atoms. The lowest BCUT2D eigenvalue weighted by Gasteiger charge is -2.35. The zero-order valence-electron chi connectivity index (χ0n) is 36.8. The van der Waals surface area contributed by atoms with Crippen LogP contribution in [0.5, 0.6) is 11.5 Å². The van der Waals surface area contributed by atoms with Gasteiger partial charge in [-0.2, -0.15) is 0 Å². The second-order valence-electron chi connectivity index (χ2n) is 17.7. The van der Waals surface area contributed by atoms with E-state index in [4.69, 9.17) is 4.74 Å². The van der Waals surface area contributed by atoms with Crippen molar-refractivity contribution in [2.75, 3.05) is 4.90 Å². The molecule has 0 fully saturated rings. The first-order chi connectivity index (χ1) is 32.4. The fourth-order valence-corrected chi connectivity index (χ4v) is 10.9. The minimum atomic E-state index is -0.251. The van der Waals surface area contributed by atoms with Gasteiger partial charge in [0.2, 0.25) is 0 Å². The van der Waals surface area contributed by atoms with Crippen LogP contribution in [0.1, 0.15) is 25.0 Å². The Balaban J connectivity index is 0.868. The summed E-state index contributed by atoms with van der Waals surface area (Å²) in [7, 11) is 0. The predicted molar refractivity (Wildman–Crippen MR) is 280 cm³/mol. The number of anilines is 3. The average molecular weight is 864 g/mol. The standard InChI is InChI=1S/C63H45NOS/c1-63(2)56-38-40-60-61(55-15-9-10-16-59(55)66-60)62(56)65-58-39-31-51(41-57(58)63)50-29-36-54(37-30-50)64(52-32-25-48(26-33-52)46-21-17-44(18-22-46)42-11-5-3-6-12-42)53-34-27-49(28-35-53)47-23-19-45(20-24-47)43-13-7-4-8-14-43/h3-41H,1-2H3. The number of fused-ring (bicyclic) bond motifs is 6. The Morgan fingerprint density at radius 2 is 0.742 bits per heavy atom. The lowest BCUT2D eigenvalue weighted by Crippen LogP contribution is -2.24. The van der Waals surface area contributed by atoms with Gasteiger partial charge < -0.3 is 9.64 Å². The van der Waals surface area contributed by atoms with Gasteiger partial charge in [0.1, 0.15) is 11.5 Å². The van der Waals surface area contributed by atoms with Crippen LogP contribution in [-0.2, 0) is 5.41 Å². The predicted octanol–water partition coefficient (Wildman–Crippen LogP) is 18.3. The van der Waals surface area contributed by atoms with Crippen molar-refractivity contribution < 1.29 is 4.74 Å². The van der Waals surface area contributed by atoms with Gasteiger partial charge in [0.15, 0.2) is 0 Å². The number of nitrogens with zero attached hydrogens (tertiary/aromatic N) is 1. The summed E-state index contributed by atoms with van der Waals surface area (Å²) in [6.07, 6.45) is 0. The third-order valence-electron chi connectivity index (χ3n) is 13.4. The molecule has 0 saturated carbocycles. The van der Waals surface area contributed by atoms with Crippen molar-refractivity contribution in [3.8, 4) is 67.1 Å². The molecular weight excluding hydrogens is 819 g/mol. The fraction of sp³-hybridized carbons (Fsp3) is 0.0476. The molecule has 1 aliphatic heterocycles. The molecule has 11 aromatic rings. The number of rotatable bonds is 8. The summed E-state index contributed by atoms with van der Waals surface area (Å²) in [5.41, 5.74) is 17.4. The summed E-state index contributed by atoms with van der Waals surface area (Å²) < 4.78 is 9.40. The van der Waals surface area contributed by atoms with Gasteiger partial charge in [0.25, 0.3) is 0 Å². The van der Waals surface area contributed by atoms with E-state index in [1.807, 2.05) is 11.3 Å². The SMILES string of the molecule is CC1(C)c2cc(-c3ccc(N(c4ccc(-c5ccc(-c6ccccc6)cc5)cc4)c4ccc(-c5ccc(-c6ccccc6)cc5)cc4)cc3)ccc2Oc2c1ccc1sc3ccccc3c21. The summed E-state index contributed by atoms with van der Waals surface area (Å²) in [5.74, 6) is 1.91. The van der Waals surface area contributed by atoms with Crippen molar-refractivity contribution in [3.05, 3.63) is 248 Å². The van der Waals surface area contributed by atoms with Crippen molar-refractivity contribution in [1.82, 2.24) is 0 Å². The third-order valence-corrected chi connectivity index (χ3v) is 14.5. The van der Waals surface area contributed by atoms with Crippen LogP contribution in [0, 0.1) is 0 Å². The quantitative estimate of drug-likeness (QED) is 0.151. The molecule has 0 amide bonds. The molecule has 0 N–H and O–H groups in total. The van der Waals surface area contributed by atoms with Crippen molar-refractivity contribution in [2.24, 2.45) is 0 Å². The van der Waals surface area contributed by atoms with Crippen LogP contribution in [0.25, 0.3) is 75.8 Å². The highest BCUT2D eigenvalue weighted by molar-refractivity contribution is 7.25. The van der Waals surface area contributed by atoms with E-state index < -0.39 is 0 Å². The number of thiophene rings is 1. The lowest BCUT2D eigenvalue weighted by molar-refractivity contribution is 0.423. The lowest BCUT2D eigenvalue weighted by atomic mass is 9.74. The van der Waals surface area contributed by atoms with Crippen molar-refractivity contribution >= 4 is 48.6 Å². The minimum Gasteiger partial charge on any atom is -0.456 e. The molecule has 12 rings (SSSR count). The van der Waals surface area contributed by atoms with Gasteiger partial charge in [0.05, 0.1) is 0 Å². The molecule has 314 valence electrons. The molecule has 0 radical (unpaired) electrons. The van der Waals surface area contributed by atoms with Crippen LogP contribution in [0.2, 0.25) is 0 Å². The molecule has 0 atom stereocenters. The van der Waals surface area contributed by atoms with E-state index >= 15 is 0 Å². The van der Waals surface area contributed by atoms with Gasteiger partial charge in [-0.05, 0) is 116 Å². The maximum atomic E-state index is 6.85. The second kappa shape index (κ2) is 16.2. The molecule has 2 nitrogen and oxygen atoms in total. The van der Waals surface area contributed by atoms with Gasteiger partial charge in [-0.25, -0.2) is 0 Å². The highest BCUT2D eigenvalue weighted by Gasteiger charge is 2.36. The Morgan fingerprint density at radius 3 is 1.23 bits per heavy atom. The third kappa shape index (κ3) is 7.06. The maximum absolute atomic E-state index is 6.85. The van der Waals surface area contributed by atoms with Gasteiger partial charge >= 0.3 is 0 Å².